The lowest BCUT2D eigenvalue weighted by Gasteiger charge is -2.32. The molecular formula is C29H30N4O5. The number of rotatable bonds is 9. The highest BCUT2D eigenvalue weighted by Gasteiger charge is 2.29. The third-order valence-electron chi connectivity index (χ3n) is 6.18. The second-order valence-electron chi connectivity index (χ2n) is 9.36. The van der Waals surface area contributed by atoms with E-state index in [0.717, 1.165) is 0 Å². The standard InChI is InChI=1S/C29H30N4O5/c1-5-38-26-16-9-8-15-25(26)32-27(30-24-14-7-6-13-23(24)29(32)35)20(4)31(18-19(2)3)28(34)21-11-10-12-22(17-21)33(36)37/h6-17,19-20H,5,18H2,1-4H3. The summed E-state index contributed by atoms with van der Waals surface area (Å²) in [4.78, 5) is 45.0. The molecule has 0 saturated carbocycles. The average molecular weight is 515 g/mol. The Bertz CT molecular complexity index is 1550. The smallest absolute Gasteiger partial charge is 0.270 e. The number of nitro groups is 1. The van der Waals surface area contributed by atoms with Crippen LogP contribution in [0.4, 0.5) is 5.69 Å². The number of hydrogen-bond donors (Lipinski definition) is 0. The van der Waals surface area contributed by atoms with Crippen LogP contribution in [0.2, 0.25) is 0 Å². The monoisotopic (exact) mass is 514 g/mol. The van der Waals surface area contributed by atoms with E-state index in [0.29, 0.717) is 41.3 Å². The Morgan fingerprint density at radius 2 is 1.76 bits per heavy atom. The first-order valence-electron chi connectivity index (χ1n) is 12.5. The Hall–Kier alpha value is -4.53. The number of amides is 1. The van der Waals surface area contributed by atoms with Gasteiger partial charge in [-0.1, -0.05) is 44.2 Å². The van der Waals surface area contributed by atoms with Crippen molar-refractivity contribution in [1.82, 2.24) is 14.5 Å². The zero-order chi connectivity index (χ0) is 27.4. The number of nitro benzene ring substituents is 1. The lowest BCUT2D eigenvalue weighted by Crippen LogP contribution is -2.39. The molecule has 0 aliphatic rings. The largest absolute Gasteiger partial charge is 0.492 e. The maximum Gasteiger partial charge on any atom is 0.270 e. The lowest BCUT2D eigenvalue weighted by molar-refractivity contribution is -0.384. The maximum atomic E-state index is 13.9. The normalized spacial score (nSPS) is 11.9. The molecule has 1 heterocycles. The summed E-state index contributed by atoms with van der Waals surface area (Å²) < 4.78 is 7.34. The van der Waals surface area contributed by atoms with Gasteiger partial charge >= 0.3 is 0 Å². The van der Waals surface area contributed by atoms with Crippen molar-refractivity contribution < 1.29 is 14.5 Å². The molecule has 0 aliphatic carbocycles. The summed E-state index contributed by atoms with van der Waals surface area (Å²) in [5, 5.41) is 11.8. The topological polar surface area (TPSA) is 108 Å². The highest BCUT2D eigenvalue weighted by molar-refractivity contribution is 5.95. The van der Waals surface area contributed by atoms with E-state index < -0.39 is 11.0 Å². The van der Waals surface area contributed by atoms with Crippen LogP contribution in [0.1, 0.15) is 49.9 Å². The molecule has 0 fully saturated rings. The van der Waals surface area contributed by atoms with Crippen LogP contribution in [0.5, 0.6) is 5.75 Å². The molecule has 4 rings (SSSR count). The quantitative estimate of drug-likeness (QED) is 0.214. The highest BCUT2D eigenvalue weighted by atomic mass is 16.6. The molecule has 9 heteroatoms. The second kappa shape index (κ2) is 11.2. The zero-order valence-corrected chi connectivity index (χ0v) is 21.8. The second-order valence-corrected chi connectivity index (χ2v) is 9.36. The van der Waals surface area contributed by atoms with Crippen LogP contribution in [-0.4, -0.2) is 38.4 Å². The molecule has 3 aromatic carbocycles. The Morgan fingerprint density at radius 3 is 2.47 bits per heavy atom. The summed E-state index contributed by atoms with van der Waals surface area (Å²) in [5.41, 5.74) is 0.774. The molecule has 0 spiro atoms. The van der Waals surface area contributed by atoms with Gasteiger partial charge in [-0.2, -0.15) is 0 Å². The minimum absolute atomic E-state index is 0.0800. The zero-order valence-electron chi connectivity index (χ0n) is 21.8. The SMILES string of the molecule is CCOc1ccccc1-n1c(C(C)N(CC(C)C)C(=O)c2cccc([N+](=O)[O-])c2)nc2ccccc2c1=O. The number of benzene rings is 3. The molecular weight excluding hydrogens is 484 g/mol. The molecule has 196 valence electrons. The van der Waals surface area contributed by atoms with Gasteiger partial charge in [0.25, 0.3) is 17.2 Å². The fourth-order valence-electron chi connectivity index (χ4n) is 4.45. The van der Waals surface area contributed by atoms with E-state index in [2.05, 4.69) is 0 Å². The van der Waals surface area contributed by atoms with Crippen molar-refractivity contribution in [2.24, 2.45) is 5.92 Å². The van der Waals surface area contributed by atoms with Crippen molar-refractivity contribution >= 4 is 22.5 Å². The van der Waals surface area contributed by atoms with Gasteiger partial charge in [0, 0.05) is 24.2 Å². The van der Waals surface area contributed by atoms with Crippen molar-refractivity contribution in [1.29, 1.82) is 0 Å². The number of aromatic nitrogens is 2. The summed E-state index contributed by atoms with van der Waals surface area (Å²) >= 11 is 0. The molecule has 1 unspecified atom stereocenters. The number of para-hydroxylation sites is 3. The predicted molar refractivity (Wildman–Crippen MR) is 146 cm³/mol. The molecule has 0 aliphatic heterocycles. The molecule has 0 bridgehead atoms. The van der Waals surface area contributed by atoms with E-state index in [9.17, 15) is 19.7 Å². The van der Waals surface area contributed by atoms with E-state index >= 15 is 0 Å². The van der Waals surface area contributed by atoms with Gasteiger partial charge in [0.1, 0.15) is 11.6 Å². The number of nitrogens with zero attached hydrogens (tertiary/aromatic N) is 4. The van der Waals surface area contributed by atoms with Gasteiger partial charge in [0.2, 0.25) is 0 Å². The van der Waals surface area contributed by atoms with E-state index in [-0.39, 0.29) is 28.6 Å². The Labute approximate surface area is 220 Å². The third-order valence-corrected chi connectivity index (χ3v) is 6.18. The molecule has 1 aromatic heterocycles. The van der Waals surface area contributed by atoms with Gasteiger partial charge in [-0.3, -0.25) is 24.3 Å². The Morgan fingerprint density at radius 1 is 1.05 bits per heavy atom. The van der Waals surface area contributed by atoms with E-state index in [1.807, 2.05) is 45.9 Å². The van der Waals surface area contributed by atoms with Gasteiger partial charge in [0.15, 0.2) is 0 Å². The van der Waals surface area contributed by atoms with E-state index in [1.165, 1.54) is 22.8 Å². The first-order chi connectivity index (χ1) is 18.2. The van der Waals surface area contributed by atoms with Crippen molar-refractivity contribution in [3.63, 3.8) is 0 Å². The van der Waals surface area contributed by atoms with Gasteiger partial charge in [-0.25, -0.2) is 4.98 Å². The number of carbonyl (C=O) groups excluding carboxylic acids is 1. The fraction of sp³-hybridized carbons (Fsp3) is 0.276. The first-order valence-corrected chi connectivity index (χ1v) is 12.5. The minimum atomic E-state index is -0.656. The van der Waals surface area contributed by atoms with Gasteiger partial charge < -0.3 is 9.64 Å². The van der Waals surface area contributed by atoms with Crippen LogP contribution in [-0.2, 0) is 0 Å². The molecule has 1 atom stereocenters. The van der Waals surface area contributed by atoms with Crippen molar-refractivity contribution in [3.8, 4) is 11.4 Å². The van der Waals surface area contributed by atoms with Crippen molar-refractivity contribution in [3.05, 3.63) is 105 Å². The number of ether oxygens (including phenoxy) is 1. The van der Waals surface area contributed by atoms with Crippen LogP contribution in [0.3, 0.4) is 0 Å². The van der Waals surface area contributed by atoms with Crippen LogP contribution >= 0.6 is 0 Å². The summed E-state index contributed by atoms with van der Waals surface area (Å²) in [7, 11) is 0. The maximum absolute atomic E-state index is 13.9. The fourth-order valence-corrected chi connectivity index (χ4v) is 4.45. The molecule has 0 saturated heterocycles. The molecule has 0 radical (unpaired) electrons. The lowest BCUT2D eigenvalue weighted by atomic mass is 10.1. The number of carbonyl (C=O) groups is 1. The van der Waals surface area contributed by atoms with Crippen molar-refractivity contribution in [2.75, 3.05) is 13.2 Å². The molecule has 0 N–H and O–H groups in total. The number of fused-ring (bicyclic) bond motifs is 1. The average Bonchev–Trinajstić information content (AvgIpc) is 2.91. The number of hydrogen-bond acceptors (Lipinski definition) is 6. The predicted octanol–water partition coefficient (Wildman–Crippen LogP) is 5.55. The van der Waals surface area contributed by atoms with E-state index in [1.54, 1.807) is 41.3 Å². The summed E-state index contributed by atoms with van der Waals surface area (Å²) in [6, 6.07) is 19.3. The number of non-ortho nitro benzene ring substituents is 1. The van der Waals surface area contributed by atoms with Crippen LogP contribution in [0, 0.1) is 16.0 Å². The summed E-state index contributed by atoms with van der Waals surface area (Å²) in [6.45, 7) is 8.39. The summed E-state index contributed by atoms with van der Waals surface area (Å²) in [6.07, 6.45) is 0. The molecule has 1 amide bonds. The van der Waals surface area contributed by atoms with Crippen LogP contribution < -0.4 is 10.3 Å². The molecule has 9 nitrogen and oxygen atoms in total. The van der Waals surface area contributed by atoms with Gasteiger partial charge in [-0.15, -0.1) is 0 Å². The van der Waals surface area contributed by atoms with Crippen molar-refractivity contribution in [2.45, 2.75) is 33.7 Å². The molecule has 4 aromatic rings. The highest BCUT2D eigenvalue weighted by Crippen LogP contribution is 2.29. The van der Waals surface area contributed by atoms with Gasteiger partial charge in [0.05, 0.1) is 34.2 Å². The van der Waals surface area contributed by atoms with E-state index in [4.69, 9.17) is 9.72 Å². The molecule has 38 heavy (non-hydrogen) atoms. The van der Waals surface area contributed by atoms with Crippen LogP contribution in [0.25, 0.3) is 16.6 Å². The first kappa shape index (κ1) is 26.5. The van der Waals surface area contributed by atoms with Gasteiger partial charge in [-0.05, 0) is 50.1 Å². The third kappa shape index (κ3) is 5.27. The summed E-state index contributed by atoms with van der Waals surface area (Å²) in [5.74, 6) is 0.571. The van der Waals surface area contributed by atoms with Crippen LogP contribution in [0.15, 0.2) is 77.6 Å². The minimum Gasteiger partial charge on any atom is -0.492 e. The Kier molecular flexibility index (Phi) is 7.85. The Balaban J connectivity index is 1.94.